The van der Waals surface area contributed by atoms with Crippen LogP contribution in [0, 0.1) is 5.92 Å². The van der Waals surface area contributed by atoms with Gasteiger partial charge in [0.15, 0.2) is 0 Å². The van der Waals surface area contributed by atoms with E-state index in [1.165, 1.54) is 0 Å². The summed E-state index contributed by atoms with van der Waals surface area (Å²) in [5.41, 5.74) is 9.74. The first kappa shape index (κ1) is 27.3. The van der Waals surface area contributed by atoms with Crippen molar-refractivity contribution in [3.05, 3.63) is 78.1 Å². The lowest BCUT2D eigenvalue weighted by molar-refractivity contribution is -0.121. The number of hydrogen-bond acceptors (Lipinski definition) is 6. The smallest absolute Gasteiger partial charge is 0.272 e. The summed E-state index contributed by atoms with van der Waals surface area (Å²) in [6, 6.07) is 18.5. The molecule has 9 nitrogen and oxygen atoms in total. The molecule has 1 aromatic heterocycles. The number of rotatable bonds is 7. The molecule has 3 aromatic rings. The van der Waals surface area contributed by atoms with E-state index in [2.05, 4.69) is 27.0 Å². The largest absolute Gasteiger partial charge is 0.369 e. The van der Waals surface area contributed by atoms with E-state index < -0.39 is 5.91 Å². The van der Waals surface area contributed by atoms with Crippen molar-refractivity contribution in [1.82, 2.24) is 14.8 Å². The van der Waals surface area contributed by atoms with Crippen LogP contribution in [-0.2, 0) is 4.79 Å². The van der Waals surface area contributed by atoms with Crippen molar-refractivity contribution in [2.45, 2.75) is 19.8 Å². The lowest BCUT2D eigenvalue weighted by Crippen LogP contribution is -2.46. The van der Waals surface area contributed by atoms with E-state index in [1.54, 1.807) is 23.2 Å². The molecule has 1 atom stereocenters. The number of primary amides is 1. The van der Waals surface area contributed by atoms with Gasteiger partial charge in [0.2, 0.25) is 11.8 Å². The summed E-state index contributed by atoms with van der Waals surface area (Å²) in [6.45, 7) is 8.07. The fourth-order valence-corrected chi connectivity index (χ4v) is 5.44. The Hall–Kier alpha value is -4.24. The molecule has 5 rings (SSSR count). The molecule has 3 heterocycles. The van der Waals surface area contributed by atoms with Gasteiger partial charge in [0, 0.05) is 62.4 Å². The van der Waals surface area contributed by atoms with Crippen LogP contribution in [-0.4, -0.2) is 78.3 Å². The number of amides is 3. The first-order valence-electron chi connectivity index (χ1n) is 13.9. The van der Waals surface area contributed by atoms with Crippen LogP contribution in [0.25, 0.3) is 11.1 Å². The third-order valence-electron chi connectivity index (χ3n) is 7.86. The molecular weight excluding hydrogens is 504 g/mol. The number of nitrogens with one attached hydrogen (secondary N) is 1. The molecule has 0 aliphatic carbocycles. The van der Waals surface area contributed by atoms with Crippen molar-refractivity contribution in [3.63, 3.8) is 0 Å². The molecule has 3 amide bonds. The number of carbonyl (C=O) groups excluding carboxylic acids is 3. The van der Waals surface area contributed by atoms with Crippen molar-refractivity contribution in [1.29, 1.82) is 0 Å². The van der Waals surface area contributed by atoms with Gasteiger partial charge in [-0.25, -0.2) is 0 Å². The number of anilines is 2. The zero-order valence-electron chi connectivity index (χ0n) is 22.9. The average Bonchev–Trinajstić information content (AvgIpc) is 3.01. The Labute approximate surface area is 235 Å². The summed E-state index contributed by atoms with van der Waals surface area (Å²) < 4.78 is 0. The highest BCUT2D eigenvalue weighted by molar-refractivity contribution is 5.96. The van der Waals surface area contributed by atoms with Crippen LogP contribution in [0.5, 0.6) is 0 Å². The molecule has 0 spiro atoms. The van der Waals surface area contributed by atoms with Crippen LogP contribution in [0.3, 0.4) is 0 Å². The number of carbonyl (C=O) groups is 3. The second kappa shape index (κ2) is 12.3. The normalized spacial score (nSPS) is 17.9. The van der Waals surface area contributed by atoms with Gasteiger partial charge in [0.1, 0.15) is 5.69 Å². The molecule has 3 N–H and O–H groups in total. The Morgan fingerprint density at radius 1 is 0.950 bits per heavy atom. The third-order valence-corrected chi connectivity index (χ3v) is 7.86. The molecule has 40 heavy (non-hydrogen) atoms. The number of hydrogen-bond donors (Lipinski definition) is 2. The Kier molecular flexibility index (Phi) is 8.40. The van der Waals surface area contributed by atoms with E-state index in [9.17, 15) is 14.4 Å². The maximum absolute atomic E-state index is 13.4. The lowest BCUT2D eigenvalue weighted by atomic mass is 9.96. The highest BCUT2D eigenvalue weighted by Gasteiger charge is 2.30. The van der Waals surface area contributed by atoms with E-state index in [4.69, 9.17) is 5.73 Å². The molecule has 2 aromatic carbocycles. The number of piperazine rings is 1. The van der Waals surface area contributed by atoms with Gasteiger partial charge in [-0.1, -0.05) is 31.2 Å². The topological polar surface area (TPSA) is 112 Å². The maximum Gasteiger partial charge on any atom is 0.272 e. The lowest BCUT2D eigenvalue weighted by Gasteiger charge is -2.35. The van der Waals surface area contributed by atoms with E-state index in [-0.39, 0.29) is 17.7 Å². The number of aromatic nitrogens is 1. The Morgan fingerprint density at radius 2 is 1.73 bits per heavy atom. The number of likely N-dealkylation sites (tertiary alicyclic amines) is 1. The van der Waals surface area contributed by atoms with Gasteiger partial charge < -0.3 is 25.8 Å². The molecule has 2 aliphatic rings. The summed E-state index contributed by atoms with van der Waals surface area (Å²) in [4.78, 5) is 48.8. The first-order valence-corrected chi connectivity index (χ1v) is 13.9. The first-order chi connectivity index (χ1) is 19.4. The molecule has 0 bridgehead atoms. The van der Waals surface area contributed by atoms with Gasteiger partial charge in [-0.05, 0) is 66.9 Å². The monoisotopic (exact) mass is 540 g/mol. The number of nitrogens with zero attached hydrogens (tertiary/aromatic N) is 4. The number of nitrogens with two attached hydrogens (primary N) is 1. The minimum Gasteiger partial charge on any atom is -0.369 e. The van der Waals surface area contributed by atoms with Crippen molar-refractivity contribution in [3.8, 4) is 11.1 Å². The van der Waals surface area contributed by atoms with Gasteiger partial charge in [0.05, 0.1) is 5.92 Å². The fraction of sp³-hybridized carbons (Fsp3) is 0.355. The van der Waals surface area contributed by atoms with Gasteiger partial charge in [-0.2, -0.15) is 0 Å². The molecule has 0 radical (unpaired) electrons. The molecule has 2 aliphatic heterocycles. The van der Waals surface area contributed by atoms with Gasteiger partial charge in [-0.15, -0.1) is 0 Å². The summed E-state index contributed by atoms with van der Waals surface area (Å²) >= 11 is 0. The summed E-state index contributed by atoms with van der Waals surface area (Å²) in [6.07, 6.45) is 3.19. The van der Waals surface area contributed by atoms with Crippen molar-refractivity contribution < 1.29 is 14.4 Å². The summed E-state index contributed by atoms with van der Waals surface area (Å²) in [5.74, 6) is -1.01. The highest BCUT2D eigenvalue weighted by Crippen LogP contribution is 2.26. The minimum absolute atomic E-state index is 0.103. The number of benzene rings is 2. The zero-order valence-corrected chi connectivity index (χ0v) is 22.9. The molecule has 9 heteroatoms. The third kappa shape index (κ3) is 6.31. The molecule has 208 valence electrons. The molecule has 2 fully saturated rings. The predicted octanol–water partition coefficient (Wildman–Crippen LogP) is 3.48. The SMILES string of the molecule is CCN1CCN(c2ccnc(C(=O)N3CCC[C@H](C(=O)Nc4cccc(-c5ccc(C(N)=O)cc5)c4)C3)c2)CC1. The Morgan fingerprint density at radius 3 is 2.45 bits per heavy atom. The van der Waals surface area contributed by atoms with Crippen LogP contribution >= 0.6 is 0 Å². The Balaban J connectivity index is 1.21. The van der Waals surface area contributed by atoms with E-state index in [0.29, 0.717) is 30.0 Å². The van der Waals surface area contributed by atoms with Gasteiger partial charge in [0.25, 0.3) is 5.91 Å². The zero-order chi connectivity index (χ0) is 28.1. The maximum atomic E-state index is 13.4. The van der Waals surface area contributed by atoms with Gasteiger partial charge >= 0.3 is 0 Å². The van der Waals surface area contributed by atoms with Crippen LogP contribution in [0.2, 0.25) is 0 Å². The standard InChI is InChI=1S/C31H36N6O3/c1-2-35-15-17-36(18-16-35)27-12-13-33-28(20-27)31(40)37-14-4-6-25(21-37)30(39)34-26-7-3-5-24(19-26)22-8-10-23(11-9-22)29(32)38/h3,5,7-13,19-20,25H,2,4,6,14-18,21H2,1H3,(H2,32,38)(H,34,39)/t25-/m0/s1. The number of piperidine rings is 1. The van der Waals surface area contributed by atoms with E-state index in [0.717, 1.165) is 62.4 Å². The number of pyridine rings is 1. The predicted molar refractivity (Wildman–Crippen MR) is 156 cm³/mol. The quantitative estimate of drug-likeness (QED) is 0.475. The highest BCUT2D eigenvalue weighted by atomic mass is 16.2. The Bertz CT molecular complexity index is 1370. The molecule has 0 saturated carbocycles. The van der Waals surface area contributed by atoms with Crippen molar-refractivity contribution >= 4 is 29.1 Å². The van der Waals surface area contributed by atoms with Crippen LogP contribution in [0.4, 0.5) is 11.4 Å². The minimum atomic E-state index is -0.471. The summed E-state index contributed by atoms with van der Waals surface area (Å²) in [7, 11) is 0. The van der Waals surface area contributed by atoms with Crippen LogP contribution < -0.4 is 16.0 Å². The van der Waals surface area contributed by atoms with E-state index in [1.807, 2.05) is 48.5 Å². The van der Waals surface area contributed by atoms with Crippen LogP contribution in [0.1, 0.15) is 40.6 Å². The average molecular weight is 541 g/mol. The molecule has 2 saturated heterocycles. The van der Waals surface area contributed by atoms with E-state index >= 15 is 0 Å². The second-order valence-corrected chi connectivity index (χ2v) is 10.4. The van der Waals surface area contributed by atoms with Gasteiger partial charge in [-0.3, -0.25) is 19.4 Å². The van der Waals surface area contributed by atoms with Crippen molar-refractivity contribution in [2.75, 3.05) is 56.0 Å². The molecular formula is C31H36N6O3. The molecule has 0 unspecified atom stereocenters. The number of likely N-dealkylation sites (N-methyl/N-ethyl adjacent to an activating group) is 1. The van der Waals surface area contributed by atoms with Crippen LogP contribution in [0.15, 0.2) is 66.9 Å². The van der Waals surface area contributed by atoms with Crippen molar-refractivity contribution in [2.24, 2.45) is 11.7 Å². The second-order valence-electron chi connectivity index (χ2n) is 10.4. The summed E-state index contributed by atoms with van der Waals surface area (Å²) in [5, 5.41) is 3.03. The fourth-order valence-electron chi connectivity index (χ4n) is 5.44.